The smallest absolute Gasteiger partial charge is 0.252 e. The predicted octanol–water partition coefficient (Wildman–Crippen LogP) is 5.46. The van der Waals surface area contributed by atoms with Gasteiger partial charge in [0, 0.05) is 10.9 Å². The van der Waals surface area contributed by atoms with Crippen LogP contribution >= 0.6 is 11.8 Å². The average molecular weight is 433 g/mol. The van der Waals surface area contributed by atoms with E-state index in [2.05, 4.69) is 34.9 Å². The Morgan fingerprint density at radius 2 is 1.39 bits per heavy atom. The zero-order valence-electron chi connectivity index (χ0n) is 18.1. The van der Waals surface area contributed by atoms with Crippen LogP contribution in [0.15, 0.2) is 83.8 Å². The van der Waals surface area contributed by atoms with Crippen LogP contribution in [0.4, 0.5) is 0 Å². The van der Waals surface area contributed by atoms with Crippen LogP contribution < -0.4 is 10.6 Å². The summed E-state index contributed by atoms with van der Waals surface area (Å²) in [6.07, 6.45) is 0. The molecule has 0 radical (unpaired) electrons. The van der Waals surface area contributed by atoms with E-state index in [4.69, 9.17) is 0 Å². The summed E-state index contributed by atoms with van der Waals surface area (Å²) in [6, 6.07) is 25.8. The fourth-order valence-corrected chi connectivity index (χ4v) is 4.10. The van der Waals surface area contributed by atoms with Gasteiger partial charge in [-0.1, -0.05) is 66.7 Å². The van der Waals surface area contributed by atoms with Crippen LogP contribution in [0.25, 0.3) is 11.1 Å². The normalized spacial score (nSPS) is 11.7. The summed E-state index contributed by atoms with van der Waals surface area (Å²) in [7, 11) is 0. The van der Waals surface area contributed by atoms with Crippen LogP contribution in [-0.4, -0.2) is 23.6 Å². The first-order valence-electron chi connectivity index (χ1n) is 10.4. The minimum Gasteiger partial charge on any atom is -0.353 e. The fourth-order valence-electron chi connectivity index (χ4n) is 3.24. The number of carbonyl (C=O) groups is 2. The Hall–Kier alpha value is -3.05. The van der Waals surface area contributed by atoms with Crippen LogP contribution in [0.2, 0.25) is 0 Å². The van der Waals surface area contributed by atoms with Crippen LogP contribution in [0, 0.1) is 0 Å². The molecule has 2 amide bonds. The first-order valence-corrected chi connectivity index (χ1v) is 11.4. The molecule has 0 heterocycles. The number of hydrogen-bond acceptors (Lipinski definition) is 3. The van der Waals surface area contributed by atoms with Gasteiger partial charge in [-0.05, 0) is 49.6 Å². The molecular formula is C26H28N2O2S. The summed E-state index contributed by atoms with van der Waals surface area (Å²) in [5.74, 6) is 0.0907. The van der Waals surface area contributed by atoms with Crippen molar-refractivity contribution in [1.29, 1.82) is 0 Å². The maximum atomic E-state index is 12.9. The second-order valence-corrected chi connectivity index (χ2v) is 8.71. The molecule has 0 bridgehead atoms. The first kappa shape index (κ1) is 22.6. The molecule has 0 aliphatic rings. The number of thioether (sulfide) groups is 1. The number of nitrogens with one attached hydrogen (secondary N) is 2. The number of rotatable bonds is 8. The molecule has 1 unspecified atom stereocenters. The molecular weight excluding hydrogens is 404 g/mol. The molecule has 1 atom stereocenters. The molecule has 0 aliphatic carbocycles. The van der Waals surface area contributed by atoms with Gasteiger partial charge in [0.2, 0.25) is 5.91 Å². The van der Waals surface area contributed by atoms with Gasteiger partial charge in [0.25, 0.3) is 5.91 Å². The highest BCUT2D eigenvalue weighted by Gasteiger charge is 2.16. The van der Waals surface area contributed by atoms with Crippen molar-refractivity contribution in [3.05, 3.63) is 90.0 Å². The molecule has 4 nitrogen and oxygen atoms in total. The molecule has 0 fully saturated rings. The lowest BCUT2D eigenvalue weighted by molar-refractivity contribution is -0.119. The highest BCUT2D eigenvalue weighted by atomic mass is 32.2. The van der Waals surface area contributed by atoms with E-state index in [1.165, 1.54) is 11.8 Å². The zero-order valence-corrected chi connectivity index (χ0v) is 18.9. The highest BCUT2D eigenvalue weighted by molar-refractivity contribution is 8.00. The molecule has 2 N–H and O–H groups in total. The van der Waals surface area contributed by atoms with Gasteiger partial charge in [0.15, 0.2) is 0 Å². The predicted molar refractivity (Wildman–Crippen MR) is 128 cm³/mol. The van der Waals surface area contributed by atoms with Crippen molar-refractivity contribution in [3.63, 3.8) is 0 Å². The second-order valence-electron chi connectivity index (χ2n) is 7.69. The van der Waals surface area contributed by atoms with E-state index in [1.54, 1.807) is 6.07 Å². The molecule has 3 aromatic rings. The van der Waals surface area contributed by atoms with Gasteiger partial charge in [0.1, 0.15) is 0 Å². The summed E-state index contributed by atoms with van der Waals surface area (Å²) in [5, 5.41) is 5.95. The third kappa shape index (κ3) is 6.46. The Morgan fingerprint density at radius 1 is 0.774 bits per heavy atom. The van der Waals surface area contributed by atoms with Crippen LogP contribution in [0.1, 0.15) is 42.7 Å². The van der Waals surface area contributed by atoms with Crippen molar-refractivity contribution in [1.82, 2.24) is 10.6 Å². The summed E-state index contributed by atoms with van der Waals surface area (Å²) in [6.45, 7) is 5.83. The molecule has 0 aromatic heterocycles. The van der Waals surface area contributed by atoms with Gasteiger partial charge in [0.05, 0.1) is 17.4 Å². The van der Waals surface area contributed by atoms with Crippen molar-refractivity contribution >= 4 is 23.6 Å². The van der Waals surface area contributed by atoms with E-state index in [-0.39, 0.29) is 29.7 Å². The molecule has 3 aromatic carbocycles. The third-order valence-corrected chi connectivity index (χ3v) is 5.88. The third-order valence-electron chi connectivity index (χ3n) is 4.81. The van der Waals surface area contributed by atoms with E-state index < -0.39 is 0 Å². The van der Waals surface area contributed by atoms with Gasteiger partial charge < -0.3 is 10.6 Å². The van der Waals surface area contributed by atoms with E-state index in [9.17, 15) is 9.59 Å². The quantitative estimate of drug-likeness (QED) is 0.465. The van der Waals surface area contributed by atoms with Crippen molar-refractivity contribution in [2.45, 2.75) is 37.8 Å². The monoisotopic (exact) mass is 432 g/mol. The minimum absolute atomic E-state index is 0.0397. The first-order chi connectivity index (χ1) is 14.9. The topological polar surface area (TPSA) is 58.2 Å². The minimum atomic E-state index is -0.146. The van der Waals surface area contributed by atoms with E-state index in [1.807, 2.05) is 69.3 Å². The maximum Gasteiger partial charge on any atom is 0.252 e. The van der Waals surface area contributed by atoms with Crippen molar-refractivity contribution < 1.29 is 9.59 Å². The Kier molecular flexibility index (Phi) is 7.90. The largest absolute Gasteiger partial charge is 0.353 e. The van der Waals surface area contributed by atoms with Gasteiger partial charge >= 0.3 is 0 Å². The van der Waals surface area contributed by atoms with Gasteiger partial charge in [-0.25, -0.2) is 0 Å². The lowest BCUT2D eigenvalue weighted by atomic mass is 10.0. The SMILES string of the molecule is CC(C)NC(=O)CSc1ccccc1C(=O)NC(C)c1ccc(-c2ccccc2)cc1. The van der Waals surface area contributed by atoms with Crippen LogP contribution in [0.5, 0.6) is 0 Å². The maximum absolute atomic E-state index is 12.9. The Morgan fingerprint density at radius 3 is 2.06 bits per heavy atom. The summed E-state index contributed by atoms with van der Waals surface area (Å²) < 4.78 is 0. The standard InChI is InChI=1S/C26H28N2O2S/c1-18(2)27-25(29)17-31-24-12-8-7-11-23(24)26(30)28-19(3)20-13-15-22(16-14-20)21-9-5-4-6-10-21/h4-16,18-19H,17H2,1-3H3,(H,27,29)(H,28,30). The number of benzene rings is 3. The van der Waals surface area contributed by atoms with Crippen molar-refractivity contribution in [2.24, 2.45) is 0 Å². The summed E-state index contributed by atoms with van der Waals surface area (Å²) in [5.41, 5.74) is 3.93. The molecule has 3 rings (SSSR count). The van der Waals surface area contributed by atoms with Crippen LogP contribution in [0.3, 0.4) is 0 Å². The lowest BCUT2D eigenvalue weighted by Gasteiger charge is -2.16. The Balaban J connectivity index is 1.65. The van der Waals surface area contributed by atoms with Gasteiger partial charge in [-0.3, -0.25) is 9.59 Å². The fraction of sp³-hybridized carbons (Fsp3) is 0.231. The van der Waals surface area contributed by atoms with Crippen molar-refractivity contribution in [3.8, 4) is 11.1 Å². The Bertz CT molecular complexity index is 1020. The molecule has 0 spiro atoms. The molecule has 31 heavy (non-hydrogen) atoms. The van der Waals surface area contributed by atoms with E-state index >= 15 is 0 Å². The van der Waals surface area contributed by atoms with E-state index in [0.29, 0.717) is 5.56 Å². The number of carbonyl (C=O) groups excluding carboxylic acids is 2. The number of hydrogen-bond donors (Lipinski definition) is 2. The molecule has 0 saturated heterocycles. The van der Waals surface area contributed by atoms with Crippen LogP contribution in [-0.2, 0) is 4.79 Å². The summed E-state index contributed by atoms with van der Waals surface area (Å²) >= 11 is 1.38. The van der Waals surface area contributed by atoms with Crippen molar-refractivity contribution in [2.75, 3.05) is 5.75 Å². The van der Waals surface area contributed by atoms with Gasteiger partial charge in [-0.15, -0.1) is 11.8 Å². The molecule has 0 aliphatic heterocycles. The highest BCUT2D eigenvalue weighted by Crippen LogP contribution is 2.25. The van der Waals surface area contributed by atoms with E-state index in [0.717, 1.165) is 21.6 Å². The molecule has 0 saturated carbocycles. The lowest BCUT2D eigenvalue weighted by Crippen LogP contribution is -2.31. The van der Waals surface area contributed by atoms with Gasteiger partial charge in [-0.2, -0.15) is 0 Å². The summed E-state index contributed by atoms with van der Waals surface area (Å²) in [4.78, 5) is 25.7. The Labute approximate surface area is 188 Å². The zero-order chi connectivity index (χ0) is 22.2. The molecule has 5 heteroatoms. The second kappa shape index (κ2) is 10.8. The number of amides is 2. The molecule has 160 valence electrons. The average Bonchev–Trinajstić information content (AvgIpc) is 2.78.